The van der Waals surface area contributed by atoms with Gasteiger partial charge in [0.05, 0.1) is 33.8 Å². The first-order valence-corrected chi connectivity index (χ1v) is 24.6. The van der Waals surface area contributed by atoms with Gasteiger partial charge < -0.3 is 34.7 Å². The SMILES string of the molecule is CC1(C)C=Cc2c(ccc3c2[N+](O)=C2C(C)(C)C4C[C@]56C(=O)N7CCC[C@@]75C(=O)NC46C4N5C(=O)C67CCCN6C(=O)C56C(C7)C(C)(C)c5c(c7ccc8c(c7n5O)C=CC(C)(C)O8)[C@@H]6C234)O1. The molecule has 8 saturated heterocycles. The van der Waals surface area contributed by atoms with E-state index in [0.717, 1.165) is 16.5 Å². The first kappa shape index (κ1) is 38.2. The Bertz CT molecular complexity index is 3250. The number of β-lactam (4-membered cyclic amide) rings is 1. The molecule has 3 aliphatic carbocycles. The minimum Gasteiger partial charge on any atom is -0.483 e. The van der Waals surface area contributed by atoms with Gasteiger partial charge in [0, 0.05) is 57.5 Å². The van der Waals surface area contributed by atoms with E-state index in [1.807, 2.05) is 91.0 Å². The number of aromatic nitrogens is 1. The van der Waals surface area contributed by atoms with Gasteiger partial charge in [-0.05, 0) is 134 Å². The van der Waals surface area contributed by atoms with Crippen molar-refractivity contribution < 1.29 is 43.8 Å². The van der Waals surface area contributed by atoms with Crippen molar-refractivity contribution in [3.05, 3.63) is 64.4 Å². The van der Waals surface area contributed by atoms with E-state index in [-0.39, 0.29) is 23.6 Å². The summed E-state index contributed by atoms with van der Waals surface area (Å²) in [7, 11) is 0. The van der Waals surface area contributed by atoms with E-state index in [4.69, 9.17) is 9.47 Å². The maximum atomic E-state index is 16.9. The van der Waals surface area contributed by atoms with Crippen LogP contribution in [0, 0.1) is 22.7 Å². The van der Waals surface area contributed by atoms with Gasteiger partial charge in [0.1, 0.15) is 50.1 Å². The summed E-state index contributed by atoms with van der Waals surface area (Å²) in [6, 6.07) is 6.97. The quantitative estimate of drug-likeness (QED) is 0.113. The summed E-state index contributed by atoms with van der Waals surface area (Å²) >= 11 is 0. The number of piperazine rings is 1. The molecule has 14 aliphatic rings. The number of carbonyl (C=O) groups excluding carboxylic acids is 4. The molecule has 2 bridgehead atoms. The van der Waals surface area contributed by atoms with Gasteiger partial charge in [-0.25, -0.2) is 0 Å². The minimum atomic E-state index is -1.57. The summed E-state index contributed by atoms with van der Waals surface area (Å²) in [5.41, 5.74) is -5.63. The number of piperidine rings is 2. The smallest absolute Gasteiger partial charge is 0.272 e. The fourth-order valence-electron chi connectivity index (χ4n) is 19.5. The Kier molecular flexibility index (Phi) is 5.71. The Balaban J connectivity index is 1.12. The maximum absolute atomic E-state index is 16.9. The van der Waals surface area contributed by atoms with Crippen molar-refractivity contribution in [2.75, 3.05) is 13.1 Å². The van der Waals surface area contributed by atoms with Crippen LogP contribution in [0.15, 0.2) is 36.4 Å². The molecule has 7 unspecified atom stereocenters. The minimum absolute atomic E-state index is 0.0584. The van der Waals surface area contributed by atoms with Crippen LogP contribution in [0.3, 0.4) is 0 Å². The Morgan fingerprint density at radius 1 is 0.761 bits per heavy atom. The van der Waals surface area contributed by atoms with Crippen molar-refractivity contribution in [2.45, 2.75) is 150 Å². The molecule has 12 heterocycles. The number of fused-ring (bicyclic) bond motifs is 9. The van der Waals surface area contributed by atoms with E-state index < -0.39 is 78.8 Å². The monoisotopic (exact) mass is 903 g/mol. The number of carbonyl (C=O) groups is 4. The van der Waals surface area contributed by atoms with Crippen LogP contribution in [-0.4, -0.2) is 116 Å². The molecule has 3 N–H and O–H groups in total. The van der Waals surface area contributed by atoms with Crippen LogP contribution < -0.4 is 14.8 Å². The highest BCUT2D eigenvalue weighted by Gasteiger charge is 3.03. The van der Waals surface area contributed by atoms with E-state index in [1.165, 1.54) is 9.47 Å². The topological polar surface area (TPSA) is 157 Å². The number of ether oxygens (including phenoxy) is 2. The highest BCUT2D eigenvalue weighted by Crippen LogP contribution is 2.87. The van der Waals surface area contributed by atoms with Gasteiger partial charge in [0.25, 0.3) is 5.69 Å². The van der Waals surface area contributed by atoms with Crippen molar-refractivity contribution in [2.24, 2.45) is 22.7 Å². The van der Waals surface area contributed by atoms with E-state index in [0.29, 0.717) is 96.9 Å². The molecule has 344 valence electrons. The molecule has 14 nitrogen and oxygen atoms in total. The predicted octanol–water partition coefficient (Wildman–Crippen LogP) is 5.68. The van der Waals surface area contributed by atoms with Gasteiger partial charge in [-0.1, -0.05) is 13.8 Å². The average Bonchev–Trinajstić information content (AvgIpc) is 4.06. The number of amides is 4. The van der Waals surface area contributed by atoms with Crippen LogP contribution in [0.1, 0.15) is 128 Å². The molecule has 2 aromatic carbocycles. The summed E-state index contributed by atoms with van der Waals surface area (Å²) < 4.78 is 15.9. The fourth-order valence-corrected chi connectivity index (χ4v) is 19.5. The number of hydrogen-bond acceptors (Lipinski definition) is 8. The molecule has 0 radical (unpaired) electrons. The molecule has 4 amide bonds. The van der Waals surface area contributed by atoms with Crippen LogP contribution in [0.4, 0.5) is 5.69 Å². The van der Waals surface area contributed by atoms with Gasteiger partial charge >= 0.3 is 0 Å². The van der Waals surface area contributed by atoms with Crippen molar-refractivity contribution >= 4 is 58.1 Å². The molecule has 10 fully saturated rings. The second-order valence-electron chi connectivity index (χ2n) is 25.0. The predicted molar refractivity (Wildman–Crippen MR) is 241 cm³/mol. The van der Waals surface area contributed by atoms with Gasteiger partial charge in [-0.15, -0.1) is 0 Å². The zero-order valence-electron chi connectivity index (χ0n) is 39.2. The largest absolute Gasteiger partial charge is 0.483 e. The molecule has 17 rings (SSSR count). The Morgan fingerprint density at radius 3 is 2.18 bits per heavy atom. The molecular weight excluding hydrogens is 849 g/mol. The number of rotatable bonds is 0. The lowest BCUT2D eigenvalue weighted by atomic mass is 9.28. The molecule has 11 aliphatic heterocycles. The highest BCUT2D eigenvalue weighted by molar-refractivity contribution is 6.19. The Hall–Kier alpha value is -5.79. The van der Waals surface area contributed by atoms with Crippen LogP contribution in [0.5, 0.6) is 11.5 Å². The van der Waals surface area contributed by atoms with Crippen molar-refractivity contribution in [3.8, 4) is 11.5 Å². The van der Waals surface area contributed by atoms with E-state index in [2.05, 4.69) is 33.0 Å². The highest BCUT2D eigenvalue weighted by atomic mass is 16.5. The van der Waals surface area contributed by atoms with E-state index in [9.17, 15) is 10.4 Å². The molecule has 14 heteroatoms. The standard InChI is InChI=1S/C53H54N6O8/c1-44(2)19-15-25-29(66-44)13-11-27-33-36-51-28-12-14-30-26(16-20-45(3,4)67-30)35(28)59(65)38(51)47(7,8)32-24-49-42(62)56-22-10-18-50(49,56)40(60)54-53(32,49)39(51)57-41(61)48-17-9-21-55(48)43(63)52(36,57)31(23-48)46(5,6)37(33)58(64)34(25)27/h11-16,19-20,31-32,36,39,64H,9-10,17-18,21-24H2,1-8H3,(H-,54,60,65)/p+1/t31?,32?,36-,39?,48?,49+,50+,51?,52?,53?/m1/s1. The summed E-state index contributed by atoms with van der Waals surface area (Å²) in [5.74, 6) is -1.10. The van der Waals surface area contributed by atoms with Crippen molar-refractivity contribution in [1.82, 2.24) is 24.7 Å². The molecule has 10 atom stereocenters. The fraction of sp³-hybridized carbons (Fsp3) is 0.566. The number of nitrogens with one attached hydrogen (secondary N) is 1. The molecule has 3 aromatic rings. The molecular formula is C53H55N6O8+. The average molecular weight is 904 g/mol. The van der Waals surface area contributed by atoms with Crippen LogP contribution in [-0.2, 0) is 30.0 Å². The second kappa shape index (κ2) is 10.0. The van der Waals surface area contributed by atoms with Crippen LogP contribution >= 0.6 is 0 Å². The summed E-state index contributed by atoms with van der Waals surface area (Å²) in [6.45, 7) is 17.4. The van der Waals surface area contributed by atoms with Gasteiger partial charge in [0.2, 0.25) is 29.3 Å². The van der Waals surface area contributed by atoms with Gasteiger partial charge in [0.15, 0.2) is 0 Å². The first-order valence-electron chi connectivity index (χ1n) is 24.6. The zero-order valence-corrected chi connectivity index (χ0v) is 39.2. The lowest BCUT2D eigenvalue weighted by Gasteiger charge is -2.77. The third-order valence-corrected chi connectivity index (χ3v) is 21.2. The molecule has 2 saturated carbocycles. The summed E-state index contributed by atoms with van der Waals surface area (Å²) in [6.07, 6.45) is 11.2. The zero-order chi connectivity index (χ0) is 46.3. The number of nitrogens with zero attached hydrogens (tertiary/aromatic N) is 5. The second-order valence-corrected chi connectivity index (χ2v) is 25.0. The molecule has 1 aromatic heterocycles. The molecule has 6 spiro atoms. The van der Waals surface area contributed by atoms with Crippen molar-refractivity contribution in [3.63, 3.8) is 0 Å². The van der Waals surface area contributed by atoms with Crippen LogP contribution in [0.2, 0.25) is 0 Å². The van der Waals surface area contributed by atoms with E-state index in [1.54, 1.807) is 0 Å². The number of benzene rings is 2. The summed E-state index contributed by atoms with van der Waals surface area (Å²) in [4.78, 5) is 70.3. The molecule has 67 heavy (non-hydrogen) atoms. The van der Waals surface area contributed by atoms with E-state index >= 15 is 19.2 Å². The normalized spacial score (nSPS) is 42.7. The van der Waals surface area contributed by atoms with Crippen molar-refractivity contribution in [1.29, 1.82) is 0 Å². The van der Waals surface area contributed by atoms with Gasteiger partial charge in [-0.2, -0.15) is 4.73 Å². The number of hydrogen-bond donors (Lipinski definition) is 3. The third kappa shape index (κ3) is 3.13. The lowest BCUT2D eigenvalue weighted by molar-refractivity contribution is -0.714. The third-order valence-electron chi connectivity index (χ3n) is 21.2. The Morgan fingerprint density at radius 2 is 1.43 bits per heavy atom. The van der Waals surface area contributed by atoms with Crippen LogP contribution in [0.25, 0.3) is 23.1 Å². The Labute approximate surface area is 387 Å². The lowest BCUT2D eigenvalue weighted by Crippen LogP contribution is -2.95. The first-order chi connectivity index (χ1) is 31.6. The van der Waals surface area contributed by atoms with Gasteiger partial charge in [-0.3, -0.25) is 24.4 Å². The maximum Gasteiger partial charge on any atom is 0.272 e. The summed E-state index contributed by atoms with van der Waals surface area (Å²) in [5, 5.41) is 31.3.